The van der Waals surface area contributed by atoms with Gasteiger partial charge in [0.2, 0.25) is 6.20 Å². The van der Waals surface area contributed by atoms with E-state index < -0.39 is 144 Å². The molecule has 0 N–H and O–H groups in total. The number of halogens is 21. The lowest BCUT2D eigenvalue weighted by molar-refractivity contribution is -0.688. The molecule has 7 rings (SSSR count). The molecule has 63 heavy (non-hydrogen) atoms. The number of hydrogen-bond donors (Lipinski definition) is 0. The first-order valence-corrected chi connectivity index (χ1v) is 16.9. The van der Waals surface area contributed by atoms with Crippen LogP contribution in [-0.2, 0) is 6.54 Å². The Morgan fingerprint density at radius 1 is 0.302 bits per heavy atom. The summed E-state index contributed by atoms with van der Waals surface area (Å²) in [5.74, 6) is -71.6. The van der Waals surface area contributed by atoms with E-state index in [0.29, 0.717) is 11.9 Å². The molecule has 0 spiro atoms. The quantitative estimate of drug-likeness (QED) is 0.0516. The molecule has 7 aromatic rings. The molecule has 0 saturated heterocycles. The molecule has 0 bridgehead atoms. The van der Waals surface area contributed by atoms with Gasteiger partial charge < -0.3 is 0 Å². The van der Waals surface area contributed by atoms with Crippen molar-refractivity contribution in [3.05, 3.63) is 195 Å². The van der Waals surface area contributed by atoms with E-state index in [4.69, 9.17) is 0 Å². The van der Waals surface area contributed by atoms with Gasteiger partial charge in [0, 0.05) is 16.3 Å². The van der Waals surface area contributed by atoms with Crippen molar-refractivity contribution < 1.29 is 96.8 Å². The first kappa shape index (κ1) is 45.8. The van der Waals surface area contributed by atoms with E-state index in [0.717, 1.165) is 10.9 Å². The second-order valence-corrected chi connectivity index (χ2v) is 13.2. The van der Waals surface area contributed by atoms with Crippen molar-refractivity contribution in [3.63, 3.8) is 0 Å². The highest BCUT2D eigenvalue weighted by Gasteiger charge is 2.52. The first-order valence-electron chi connectivity index (χ1n) is 16.9. The molecule has 1 heterocycles. The third-order valence-corrected chi connectivity index (χ3v) is 9.72. The van der Waals surface area contributed by atoms with E-state index in [2.05, 4.69) is 0 Å². The Hall–Kier alpha value is -6.68. The summed E-state index contributed by atoms with van der Waals surface area (Å²) in [6, 6.07) is 17.6. The molecule has 0 saturated carbocycles. The number of benzene rings is 6. The molecule has 0 aliphatic carbocycles. The lowest BCUT2D eigenvalue weighted by Crippen LogP contribution is -2.81. The summed E-state index contributed by atoms with van der Waals surface area (Å²) in [6.07, 6.45) is -3.69. The van der Waals surface area contributed by atoms with Crippen LogP contribution in [0, 0.1) is 122 Å². The summed E-state index contributed by atoms with van der Waals surface area (Å²) in [7, 11) is 0. The van der Waals surface area contributed by atoms with Gasteiger partial charge in [-0.1, -0.05) is 48.5 Å². The second-order valence-electron chi connectivity index (χ2n) is 13.2. The van der Waals surface area contributed by atoms with E-state index in [9.17, 15) is 57.1 Å². The van der Waals surface area contributed by atoms with Gasteiger partial charge in [-0.3, -0.25) is 0 Å². The summed E-state index contributed by atoms with van der Waals surface area (Å²) in [4.78, 5) is 0. The van der Waals surface area contributed by atoms with Gasteiger partial charge in [0.25, 0.3) is 0 Å². The van der Waals surface area contributed by atoms with Crippen molar-refractivity contribution in [1.29, 1.82) is 0 Å². The standard InChI is InChI=1S/C24BF20.C16H13FN/c26-5-1(6(27)14(35)21(42)13(5)34)25(2-7(28)15(36)22(43)16(37)8(2)29,3-9(30)17(38)23(44)18(39)10(3)31)4-11(32)19(40)24(45)20(41)12(4)33;17-16-12-18(10-13-6-2-1-3-7-13)11-14-8-4-5-9-15(14)16/h;1-9,11-12H,10H2/q-1;+1. The van der Waals surface area contributed by atoms with E-state index in [1.807, 2.05) is 59.3 Å². The molecular formula is C40H13BF21N. The SMILES string of the molecule is Fc1c(F)c(F)c([B-](c2c(F)c(F)c(F)c(F)c2F)(c2c(F)c(F)c(F)c(F)c2F)c2c(F)c(F)c(F)c(F)c2F)c(F)c1F.Fc1c[n+](Cc2ccccc2)cc2ccccc12. The maximum atomic E-state index is 15.4. The fourth-order valence-corrected chi connectivity index (χ4v) is 7.02. The van der Waals surface area contributed by atoms with Gasteiger partial charge in [-0.05, 0) is 6.07 Å². The molecule has 0 radical (unpaired) electrons. The van der Waals surface area contributed by atoms with Gasteiger partial charge in [-0.25, -0.2) is 87.8 Å². The summed E-state index contributed by atoms with van der Waals surface area (Å²) >= 11 is 0. The van der Waals surface area contributed by atoms with Crippen molar-refractivity contribution in [3.8, 4) is 0 Å². The molecule has 6 aromatic carbocycles. The van der Waals surface area contributed by atoms with Crippen LogP contribution in [0.1, 0.15) is 5.56 Å². The highest BCUT2D eigenvalue weighted by Crippen LogP contribution is 2.31. The minimum Gasteiger partial charge on any atom is -0.207 e. The molecule has 0 fully saturated rings. The Morgan fingerprint density at radius 2 is 0.571 bits per heavy atom. The monoisotopic (exact) mass is 917 g/mol. The molecule has 1 nitrogen and oxygen atoms in total. The number of fused-ring (bicyclic) bond motifs is 1. The largest absolute Gasteiger partial charge is 0.207 e. The fraction of sp³-hybridized carbons (Fsp3) is 0.0250. The van der Waals surface area contributed by atoms with Crippen molar-refractivity contribution in [2.45, 2.75) is 6.54 Å². The van der Waals surface area contributed by atoms with Gasteiger partial charge in [-0.2, -0.15) is 8.96 Å². The average Bonchev–Trinajstić information content (AvgIpc) is 3.26. The smallest absolute Gasteiger partial charge is 0.205 e. The zero-order valence-electron chi connectivity index (χ0n) is 30.0. The van der Waals surface area contributed by atoms with Gasteiger partial charge in [0.05, 0.1) is 0 Å². The first-order chi connectivity index (χ1) is 29.5. The van der Waals surface area contributed by atoms with Crippen molar-refractivity contribution in [2.75, 3.05) is 0 Å². The number of aromatic nitrogens is 1. The van der Waals surface area contributed by atoms with Gasteiger partial charge in [-0.15, -0.1) is 21.9 Å². The lowest BCUT2D eigenvalue weighted by atomic mass is 9.12. The van der Waals surface area contributed by atoms with Crippen LogP contribution in [0.3, 0.4) is 0 Å². The van der Waals surface area contributed by atoms with Crippen LogP contribution < -0.4 is 26.4 Å². The Bertz CT molecular complexity index is 2610. The Morgan fingerprint density at radius 3 is 0.889 bits per heavy atom. The highest BCUT2D eigenvalue weighted by molar-refractivity contribution is 7.20. The molecule has 0 atom stereocenters. The normalized spacial score (nSPS) is 11.6. The molecule has 0 aliphatic rings. The average molecular weight is 917 g/mol. The van der Waals surface area contributed by atoms with E-state index in [1.165, 1.54) is 0 Å². The van der Waals surface area contributed by atoms with Crippen LogP contribution in [0.4, 0.5) is 92.2 Å². The van der Waals surface area contributed by atoms with Crippen LogP contribution >= 0.6 is 0 Å². The van der Waals surface area contributed by atoms with Crippen molar-refractivity contribution in [2.24, 2.45) is 0 Å². The van der Waals surface area contributed by atoms with Crippen molar-refractivity contribution in [1.82, 2.24) is 0 Å². The zero-order chi connectivity index (χ0) is 46.7. The van der Waals surface area contributed by atoms with Crippen LogP contribution in [0.25, 0.3) is 10.8 Å². The molecule has 0 aliphatic heterocycles. The molecule has 328 valence electrons. The van der Waals surface area contributed by atoms with Gasteiger partial charge in [0.1, 0.15) is 52.7 Å². The second kappa shape index (κ2) is 16.9. The number of rotatable bonds is 6. The fourth-order valence-electron chi connectivity index (χ4n) is 7.02. The van der Waals surface area contributed by atoms with Crippen LogP contribution in [0.2, 0.25) is 0 Å². The Labute approximate surface area is 336 Å². The zero-order valence-corrected chi connectivity index (χ0v) is 30.0. The molecule has 1 aromatic heterocycles. The predicted molar refractivity (Wildman–Crippen MR) is 179 cm³/mol. The van der Waals surface area contributed by atoms with Gasteiger partial charge in [0.15, 0.2) is 88.4 Å². The number of pyridine rings is 1. The number of nitrogens with zero attached hydrogens (tertiary/aromatic N) is 1. The Balaban J connectivity index is 0.000000302. The third kappa shape index (κ3) is 7.15. The molecule has 0 amide bonds. The minimum atomic E-state index is -7.22. The van der Waals surface area contributed by atoms with Crippen LogP contribution in [0.15, 0.2) is 67.0 Å². The summed E-state index contributed by atoms with van der Waals surface area (Å²) in [5, 5.41) is 1.59. The lowest BCUT2D eigenvalue weighted by Gasteiger charge is -2.44. The van der Waals surface area contributed by atoms with Crippen molar-refractivity contribution >= 4 is 38.8 Å². The summed E-state index contributed by atoms with van der Waals surface area (Å²) < 4.78 is 310. The van der Waals surface area contributed by atoms with E-state index in [-0.39, 0.29) is 5.82 Å². The molecule has 0 unspecified atom stereocenters. The maximum Gasteiger partial charge on any atom is 0.205 e. The van der Waals surface area contributed by atoms with Crippen LogP contribution in [-0.4, -0.2) is 6.15 Å². The highest BCUT2D eigenvalue weighted by atomic mass is 19.2. The summed E-state index contributed by atoms with van der Waals surface area (Å²) in [5.41, 5.74) is -13.2. The van der Waals surface area contributed by atoms with E-state index in [1.54, 1.807) is 12.3 Å². The summed E-state index contributed by atoms with van der Waals surface area (Å²) in [6.45, 7) is 0.683. The topological polar surface area (TPSA) is 3.88 Å². The minimum absolute atomic E-state index is 0.177. The molecule has 23 heteroatoms. The van der Waals surface area contributed by atoms with Crippen LogP contribution in [0.5, 0.6) is 0 Å². The van der Waals surface area contributed by atoms with E-state index >= 15 is 35.1 Å². The van der Waals surface area contributed by atoms with Gasteiger partial charge >= 0.3 is 0 Å². The molecular weight excluding hydrogens is 904 g/mol. The predicted octanol–water partition coefficient (Wildman–Crippen LogP) is 9.16. The Kier molecular flexibility index (Phi) is 12.3. The number of hydrogen-bond acceptors (Lipinski definition) is 0. The third-order valence-electron chi connectivity index (χ3n) is 9.72. The maximum absolute atomic E-state index is 15.4.